The van der Waals surface area contributed by atoms with Gasteiger partial charge in [-0.05, 0) is 0 Å². The molecule has 6 N–H and O–H groups in total. The number of hydrogen-bond donors (Lipinski definition) is 2. The second-order valence-corrected chi connectivity index (χ2v) is 1.87. The molecule has 1 rings (SSSR count). The van der Waals surface area contributed by atoms with Crippen molar-refractivity contribution in [2.75, 3.05) is 0 Å². The highest BCUT2D eigenvalue weighted by Gasteiger charge is 1.93. The Morgan fingerprint density at radius 2 is 2.00 bits per heavy atom. The van der Waals surface area contributed by atoms with Crippen molar-refractivity contribution in [3.05, 3.63) is 12.4 Å². The average molecular weight is 230 g/mol. The minimum Gasteiger partial charge on any atom is -0.412 e. The van der Waals surface area contributed by atoms with Crippen LogP contribution >= 0.6 is 24.8 Å². The van der Waals surface area contributed by atoms with Crippen LogP contribution in [0.25, 0.3) is 0 Å². The van der Waals surface area contributed by atoms with Crippen molar-refractivity contribution in [3.63, 3.8) is 0 Å². The van der Waals surface area contributed by atoms with Gasteiger partial charge in [-0.15, -0.1) is 24.8 Å². The molecule has 0 bridgehead atoms. The van der Waals surface area contributed by atoms with E-state index in [0.717, 1.165) is 0 Å². The molecule has 8 heteroatoms. The standard InChI is InChI=1S/C5H9N5.2ClH.H2O/c1-10-3-2-8-5(10)9-4(6)7;;;/h2-3H,1H3,(H4,6,7,8,9);2*1H;1H2. The van der Waals surface area contributed by atoms with Gasteiger partial charge < -0.3 is 21.5 Å². The molecule has 0 saturated carbocycles. The first-order valence-electron chi connectivity index (χ1n) is 2.77. The Bertz CT molecular complexity index is 257. The van der Waals surface area contributed by atoms with Crippen molar-refractivity contribution in [1.29, 1.82) is 0 Å². The van der Waals surface area contributed by atoms with E-state index < -0.39 is 0 Å². The first-order chi connectivity index (χ1) is 4.70. The molecule has 0 fully saturated rings. The number of aryl methyl sites for hydroxylation is 1. The number of aliphatic imine (C=N–C) groups is 1. The third-order valence-electron chi connectivity index (χ3n) is 1.02. The molecule has 6 nitrogen and oxygen atoms in total. The van der Waals surface area contributed by atoms with Crippen molar-refractivity contribution >= 4 is 36.7 Å². The molecule has 0 radical (unpaired) electrons. The zero-order chi connectivity index (χ0) is 7.56. The van der Waals surface area contributed by atoms with Gasteiger partial charge in [0.25, 0.3) is 0 Å². The Kier molecular flexibility index (Phi) is 10.6. The molecule has 78 valence electrons. The topological polar surface area (TPSA) is 114 Å². The van der Waals surface area contributed by atoms with Gasteiger partial charge in [0.05, 0.1) is 0 Å². The van der Waals surface area contributed by atoms with E-state index in [9.17, 15) is 0 Å². The molecular formula is C5H13Cl2N5O. The predicted molar refractivity (Wildman–Crippen MR) is 56.8 cm³/mol. The molecule has 0 unspecified atom stereocenters. The molecule has 0 saturated heterocycles. The molecule has 0 aliphatic rings. The second-order valence-electron chi connectivity index (χ2n) is 1.87. The van der Waals surface area contributed by atoms with Gasteiger partial charge in [0.15, 0.2) is 5.96 Å². The molecule has 0 amide bonds. The van der Waals surface area contributed by atoms with E-state index in [4.69, 9.17) is 11.5 Å². The van der Waals surface area contributed by atoms with Gasteiger partial charge in [0.2, 0.25) is 5.95 Å². The molecule has 0 spiro atoms. The van der Waals surface area contributed by atoms with E-state index in [1.54, 1.807) is 17.0 Å². The largest absolute Gasteiger partial charge is 0.412 e. The molecule has 0 aliphatic carbocycles. The zero-order valence-electron chi connectivity index (χ0n) is 6.97. The van der Waals surface area contributed by atoms with E-state index in [2.05, 4.69) is 9.98 Å². The molecule has 1 aromatic heterocycles. The van der Waals surface area contributed by atoms with E-state index in [1.165, 1.54) is 0 Å². The van der Waals surface area contributed by atoms with Crippen LogP contribution in [0.5, 0.6) is 0 Å². The summed E-state index contributed by atoms with van der Waals surface area (Å²) in [5.41, 5.74) is 10.3. The highest BCUT2D eigenvalue weighted by molar-refractivity contribution is 5.85. The first-order valence-corrected chi connectivity index (χ1v) is 2.77. The summed E-state index contributed by atoms with van der Waals surface area (Å²) in [6.07, 6.45) is 3.39. The van der Waals surface area contributed by atoms with Crippen LogP contribution in [-0.2, 0) is 7.05 Å². The maximum Gasteiger partial charge on any atom is 0.232 e. The molecule has 1 heterocycles. The highest BCUT2D eigenvalue weighted by atomic mass is 35.5. The highest BCUT2D eigenvalue weighted by Crippen LogP contribution is 2.03. The summed E-state index contributed by atoms with van der Waals surface area (Å²) in [7, 11) is 1.81. The van der Waals surface area contributed by atoms with Crippen molar-refractivity contribution in [1.82, 2.24) is 9.55 Å². The van der Waals surface area contributed by atoms with Gasteiger partial charge in [-0.2, -0.15) is 4.99 Å². The number of nitrogens with zero attached hydrogens (tertiary/aromatic N) is 3. The van der Waals surface area contributed by atoms with E-state index in [0.29, 0.717) is 5.95 Å². The van der Waals surface area contributed by atoms with Crippen LogP contribution in [0, 0.1) is 0 Å². The first kappa shape index (κ1) is 17.9. The Balaban J connectivity index is -0.000000333. The lowest BCUT2D eigenvalue weighted by Gasteiger charge is -1.92. The van der Waals surface area contributed by atoms with Crippen molar-refractivity contribution in [3.8, 4) is 0 Å². The fourth-order valence-corrected chi connectivity index (χ4v) is 0.581. The maximum absolute atomic E-state index is 5.13. The predicted octanol–water partition coefficient (Wildman–Crippen LogP) is -0.656. The van der Waals surface area contributed by atoms with Crippen LogP contribution in [0.4, 0.5) is 5.95 Å². The van der Waals surface area contributed by atoms with Gasteiger partial charge in [-0.25, -0.2) is 4.98 Å². The smallest absolute Gasteiger partial charge is 0.232 e. The normalized spacial score (nSPS) is 7.15. The summed E-state index contributed by atoms with van der Waals surface area (Å²) >= 11 is 0. The molecule has 0 aromatic carbocycles. The van der Waals surface area contributed by atoms with Gasteiger partial charge in [0.1, 0.15) is 0 Å². The van der Waals surface area contributed by atoms with Crippen LogP contribution in [0.2, 0.25) is 0 Å². The van der Waals surface area contributed by atoms with Crippen molar-refractivity contribution in [2.24, 2.45) is 23.5 Å². The number of guanidine groups is 1. The Hall–Kier alpha value is -0.980. The Labute approximate surface area is 88.2 Å². The number of halogens is 2. The molecule has 0 atom stereocenters. The average Bonchev–Trinajstić information content (AvgIpc) is 2.15. The third-order valence-corrected chi connectivity index (χ3v) is 1.02. The van der Waals surface area contributed by atoms with E-state index in [1.807, 2.05) is 7.05 Å². The van der Waals surface area contributed by atoms with E-state index in [-0.39, 0.29) is 36.2 Å². The molecule has 1 aromatic rings. The summed E-state index contributed by atoms with van der Waals surface area (Å²) < 4.78 is 1.72. The van der Waals surface area contributed by atoms with Crippen LogP contribution in [0.1, 0.15) is 0 Å². The number of nitrogens with two attached hydrogens (primary N) is 2. The summed E-state index contributed by atoms with van der Waals surface area (Å²) in [4.78, 5) is 7.61. The van der Waals surface area contributed by atoms with Gasteiger partial charge >= 0.3 is 0 Å². The zero-order valence-corrected chi connectivity index (χ0v) is 8.60. The van der Waals surface area contributed by atoms with Crippen LogP contribution in [-0.4, -0.2) is 21.0 Å². The van der Waals surface area contributed by atoms with Gasteiger partial charge in [0, 0.05) is 19.4 Å². The molecule has 0 aliphatic heterocycles. The van der Waals surface area contributed by atoms with Gasteiger partial charge in [-0.1, -0.05) is 0 Å². The lowest BCUT2D eigenvalue weighted by atomic mass is 10.9. The number of rotatable bonds is 1. The number of hydrogen-bond acceptors (Lipinski definition) is 2. The summed E-state index contributed by atoms with van der Waals surface area (Å²) in [6.45, 7) is 0. The fraction of sp³-hybridized carbons (Fsp3) is 0.200. The monoisotopic (exact) mass is 229 g/mol. The summed E-state index contributed by atoms with van der Waals surface area (Å²) in [6, 6.07) is 0. The molecular weight excluding hydrogens is 217 g/mol. The van der Waals surface area contributed by atoms with Crippen LogP contribution < -0.4 is 11.5 Å². The SMILES string of the molecule is Cl.Cl.Cn1ccnc1N=C(N)N.O. The molecule has 13 heavy (non-hydrogen) atoms. The Morgan fingerprint density at radius 3 is 2.31 bits per heavy atom. The maximum atomic E-state index is 5.13. The lowest BCUT2D eigenvalue weighted by molar-refractivity contribution is 0.824. The minimum absolute atomic E-state index is 0. The third kappa shape index (κ3) is 5.29. The van der Waals surface area contributed by atoms with E-state index >= 15 is 0 Å². The van der Waals surface area contributed by atoms with Crippen LogP contribution in [0.3, 0.4) is 0 Å². The lowest BCUT2D eigenvalue weighted by Crippen LogP contribution is -2.22. The van der Waals surface area contributed by atoms with Crippen molar-refractivity contribution in [2.45, 2.75) is 0 Å². The number of imidazole rings is 1. The summed E-state index contributed by atoms with van der Waals surface area (Å²) in [5, 5.41) is 0. The van der Waals surface area contributed by atoms with Crippen molar-refractivity contribution < 1.29 is 5.48 Å². The number of aromatic nitrogens is 2. The second kappa shape index (κ2) is 7.66. The van der Waals surface area contributed by atoms with Gasteiger partial charge in [-0.3, -0.25) is 0 Å². The Morgan fingerprint density at radius 1 is 1.46 bits per heavy atom. The summed E-state index contributed by atoms with van der Waals surface area (Å²) in [5.74, 6) is 0.536. The van der Waals surface area contributed by atoms with Crippen LogP contribution in [0.15, 0.2) is 17.4 Å². The minimum atomic E-state index is 0. The quantitative estimate of drug-likeness (QED) is 0.493. The fourth-order valence-electron chi connectivity index (χ4n) is 0.581.